The highest BCUT2D eigenvalue weighted by molar-refractivity contribution is 5.98. The fourth-order valence-electron chi connectivity index (χ4n) is 4.62. The molecule has 2 aromatic rings. The molecular weight excluding hydrogens is 496 g/mol. The van der Waals surface area contributed by atoms with E-state index in [2.05, 4.69) is 0 Å². The number of carboxylic acid groups (broad SMARTS) is 2. The van der Waals surface area contributed by atoms with Gasteiger partial charge in [-0.3, -0.25) is 19.7 Å². The fraction of sp³-hybridized carbons (Fsp3) is 0.385. The first kappa shape index (κ1) is 28.1. The number of nitro groups is 1. The monoisotopic (exact) mass is 526 g/mol. The summed E-state index contributed by atoms with van der Waals surface area (Å²) in [5, 5.41) is 29.0. The van der Waals surface area contributed by atoms with Gasteiger partial charge in [-0.2, -0.15) is 0 Å². The predicted octanol–water partition coefficient (Wildman–Crippen LogP) is 3.02. The van der Waals surface area contributed by atoms with Crippen molar-refractivity contribution in [2.75, 3.05) is 18.8 Å². The number of benzene rings is 2. The van der Waals surface area contributed by atoms with Crippen LogP contribution in [-0.2, 0) is 9.59 Å². The number of nitrogen functional groups attached to an aromatic ring is 1. The van der Waals surface area contributed by atoms with E-state index in [0.29, 0.717) is 37.2 Å². The zero-order valence-electron chi connectivity index (χ0n) is 20.7. The molecule has 2 unspecified atom stereocenters. The second-order valence-electron chi connectivity index (χ2n) is 9.13. The van der Waals surface area contributed by atoms with Crippen molar-refractivity contribution in [3.8, 4) is 0 Å². The Bertz CT molecular complexity index is 1220. The van der Waals surface area contributed by atoms with Crippen LogP contribution in [0.5, 0.6) is 0 Å². The van der Waals surface area contributed by atoms with Gasteiger partial charge in [0, 0.05) is 42.0 Å². The van der Waals surface area contributed by atoms with Gasteiger partial charge in [-0.15, -0.1) is 0 Å². The topological polar surface area (TPSA) is 184 Å². The number of nitrogens with zero attached hydrogens (tertiary/aromatic N) is 3. The normalized spacial score (nSPS) is 19.1. The highest BCUT2D eigenvalue weighted by Gasteiger charge is 2.33. The number of aliphatic carboxylic acids is 2. The average molecular weight is 527 g/mol. The zero-order chi connectivity index (χ0) is 27.8. The van der Waals surface area contributed by atoms with Crippen molar-refractivity contribution < 1.29 is 34.3 Å². The number of carboxylic acids is 2. The van der Waals surface area contributed by atoms with Gasteiger partial charge in [0.1, 0.15) is 12.1 Å². The molecule has 0 aromatic heterocycles. The minimum absolute atomic E-state index is 0.146. The summed E-state index contributed by atoms with van der Waals surface area (Å²) in [6, 6.07) is 10.4. The summed E-state index contributed by atoms with van der Waals surface area (Å²) in [5.41, 5.74) is 6.55. The third kappa shape index (κ3) is 6.84. The second-order valence-corrected chi connectivity index (χ2v) is 9.13. The minimum atomic E-state index is -1.04. The molecule has 0 saturated carbocycles. The summed E-state index contributed by atoms with van der Waals surface area (Å²) in [4.78, 5) is 59.8. The number of amides is 2. The van der Waals surface area contributed by atoms with E-state index in [1.54, 1.807) is 24.3 Å². The Morgan fingerprint density at radius 1 is 0.789 bits per heavy atom. The minimum Gasteiger partial charge on any atom is -0.480 e. The maximum atomic E-state index is 12.3. The number of carbonyl (C=O) groups is 4. The molecule has 2 atom stereocenters. The van der Waals surface area contributed by atoms with E-state index in [-0.39, 0.29) is 17.2 Å². The van der Waals surface area contributed by atoms with E-state index < -0.39 is 34.9 Å². The van der Waals surface area contributed by atoms with Crippen LogP contribution >= 0.6 is 0 Å². The number of likely N-dealkylation sites (tertiary alicyclic amines) is 2. The largest absolute Gasteiger partial charge is 0.480 e. The molecule has 0 spiro atoms. The molecule has 2 saturated heterocycles. The SMILES string of the molecule is Nc1cccc(C(=O)N2CCCCC2C(=O)O)c1.O=C(O)C1CCCCN1C(=O)c1cccc([N+](=O)[O-])c1. The Labute approximate surface area is 218 Å². The molecule has 0 radical (unpaired) electrons. The molecule has 2 heterocycles. The van der Waals surface area contributed by atoms with E-state index in [0.717, 1.165) is 25.7 Å². The van der Waals surface area contributed by atoms with E-state index in [4.69, 9.17) is 15.9 Å². The van der Waals surface area contributed by atoms with Crippen LogP contribution in [0.25, 0.3) is 0 Å². The lowest BCUT2D eigenvalue weighted by Crippen LogP contribution is -2.47. The lowest BCUT2D eigenvalue weighted by atomic mass is 10.0. The molecule has 12 nitrogen and oxygen atoms in total. The van der Waals surface area contributed by atoms with Gasteiger partial charge >= 0.3 is 11.9 Å². The van der Waals surface area contributed by atoms with Crippen LogP contribution in [0.2, 0.25) is 0 Å². The first-order valence-electron chi connectivity index (χ1n) is 12.3. The van der Waals surface area contributed by atoms with Gasteiger partial charge in [-0.25, -0.2) is 9.59 Å². The molecule has 2 aliphatic rings. The average Bonchev–Trinajstić information content (AvgIpc) is 2.92. The predicted molar refractivity (Wildman–Crippen MR) is 137 cm³/mol. The van der Waals surface area contributed by atoms with Crippen LogP contribution in [-0.4, -0.2) is 73.9 Å². The summed E-state index contributed by atoms with van der Waals surface area (Å²) in [6.45, 7) is 0.850. The molecule has 38 heavy (non-hydrogen) atoms. The lowest BCUT2D eigenvalue weighted by Gasteiger charge is -2.33. The number of hydrogen-bond acceptors (Lipinski definition) is 7. The summed E-state index contributed by atoms with van der Waals surface area (Å²) in [6.07, 6.45) is 4.12. The quantitative estimate of drug-likeness (QED) is 0.299. The van der Waals surface area contributed by atoms with E-state index in [9.17, 15) is 29.3 Å². The van der Waals surface area contributed by atoms with Gasteiger partial charge in [-0.1, -0.05) is 12.1 Å². The van der Waals surface area contributed by atoms with Crippen molar-refractivity contribution in [3.63, 3.8) is 0 Å². The number of nitrogens with two attached hydrogens (primary N) is 1. The van der Waals surface area contributed by atoms with Crippen molar-refractivity contribution in [1.29, 1.82) is 0 Å². The van der Waals surface area contributed by atoms with Crippen molar-refractivity contribution in [2.45, 2.75) is 50.6 Å². The van der Waals surface area contributed by atoms with Crippen molar-refractivity contribution >= 4 is 35.1 Å². The number of non-ortho nitro benzene ring substituents is 1. The van der Waals surface area contributed by atoms with Crippen molar-refractivity contribution in [2.24, 2.45) is 0 Å². The Morgan fingerprint density at radius 3 is 1.71 bits per heavy atom. The van der Waals surface area contributed by atoms with Gasteiger partial charge < -0.3 is 25.7 Å². The smallest absolute Gasteiger partial charge is 0.326 e. The molecule has 0 bridgehead atoms. The maximum Gasteiger partial charge on any atom is 0.326 e. The number of anilines is 1. The summed E-state index contributed by atoms with van der Waals surface area (Å²) in [7, 11) is 0. The standard InChI is InChI=1S/C13H14N2O5.C13H16N2O3/c16-12(9-4-3-5-10(8-9)15(19)20)14-7-2-1-6-11(14)13(17)18;14-10-5-3-4-9(8-10)12(16)15-7-2-1-6-11(15)13(17)18/h3-5,8,11H,1-2,6-7H2,(H,17,18);3-5,8,11H,1-2,6-7,14H2,(H,17,18). The number of nitro benzene ring substituents is 1. The number of carbonyl (C=O) groups excluding carboxylic acids is 2. The van der Waals surface area contributed by atoms with Crippen molar-refractivity contribution in [3.05, 3.63) is 69.8 Å². The molecule has 202 valence electrons. The Hall–Kier alpha value is -4.48. The number of hydrogen-bond donors (Lipinski definition) is 3. The summed E-state index contributed by atoms with van der Waals surface area (Å²) >= 11 is 0. The van der Waals surface area contributed by atoms with Gasteiger partial charge in [0.2, 0.25) is 0 Å². The first-order chi connectivity index (χ1) is 18.1. The summed E-state index contributed by atoms with van der Waals surface area (Å²) in [5.74, 6) is -2.70. The van der Waals surface area contributed by atoms with Crippen molar-refractivity contribution in [1.82, 2.24) is 9.80 Å². The van der Waals surface area contributed by atoms with Gasteiger partial charge in [0.25, 0.3) is 17.5 Å². The highest BCUT2D eigenvalue weighted by atomic mass is 16.6. The summed E-state index contributed by atoms with van der Waals surface area (Å²) < 4.78 is 0. The molecule has 0 aliphatic carbocycles. The zero-order valence-corrected chi connectivity index (χ0v) is 20.7. The van der Waals surface area contributed by atoms with Crippen LogP contribution < -0.4 is 5.73 Å². The molecule has 2 aliphatic heterocycles. The molecule has 2 fully saturated rings. The van der Waals surface area contributed by atoms with E-state index >= 15 is 0 Å². The van der Waals surface area contributed by atoms with Gasteiger partial charge in [-0.05, 0) is 62.8 Å². The molecule has 12 heteroatoms. The molecule has 4 N–H and O–H groups in total. The van der Waals surface area contributed by atoms with Crippen LogP contribution in [0.3, 0.4) is 0 Å². The Balaban J connectivity index is 0.000000212. The number of piperidine rings is 2. The Kier molecular flexibility index (Phi) is 9.36. The van der Waals surface area contributed by atoms with E-state index in [1.165, 1.54) is 34.1 Å². The molecule has 4 rings (SSSR count). The van der Waals surface area contributed by atoms with Crippen LogP contribution in [0, 0.1) is 10.1 Å². The second kappa shape index (κ2) is 12.7. The number of rotatable bonds is 5. The first-order valence-corrected chi connectivity index (χ1v) is 12.3. The third-order valence-electron chi connectivity index (χ3n) is 6.53. The van der Waals surface area contributed by atoms with Crippen LogP contribution in [0.1, 0.15) is 59.2 Å². The third-order valence-corrected chi connectivity index (χ3v) is 6.53. The van der Waals surface area contributed by atoms with Gasteiger partial charge in [0.05, 0.1) is 4.92 Å². The van der Waals surface area contributed by atoms with E-state index in [1.807, 2.05) is 0 Å². The van der Waals surface area contributed by atoms with Crippen LogP contribution in [0.4, 0.5) is 11.4 Å². The highest BCUT2D eigenvalue weighted by Crippen LogP contribution is 2.22. The fourth-order valence-corrected chi connectivity index (χ4v) is 4.62. The Morgan fingerprint density at radius 2 is 1.26 bits per heavy atom. The lowest BCUT2D eigenvalue weighted by molar-refractivity contribution is -0.384. The molecular formula is C26H30N4O8. The van der Waals surface area contributed by atoms with Gasteiger partial charge in [0.15, 0.2) is 0 Å². The maximum absolute atomic E-state index is 12.3. The van der Waals surface area contributed by atoms with Crippen LogP contribution in [0.15, 0.2) is 48.5 Å². The molecule has 2 amide bonds. The molecule has 2 aromatic carbocycles.